The number of hydrogen-bond acceptors (Lipinski definition) is 5. The predicted molar refractivity (Wildman–Crippen MR) is 193 cm³/mol. The number of fused-ring (bicyclic) bond motifs is 7. The topological polar surface area (TPSA) is 46.7 Å². The fourth-order valence-electron chi connectivity index (χ4n) is 6.80. The van der Waals surface area contributed by atoms with Gasteiger partial charge in [0.2, 0.25) is 0 Å². The summed E-state index contributed by atoms with van der Waals surface area (Å²) in [6.45, 7) is 4.43. The van der Waals surface area contributed by atoms with Crippen molar-refractivity contribution in [1.82, 2.24) is 9.55 Å². The third-order valence-corrected chi connectivity index (χ3v) is 9.17. The van der Waals surface area contributed by atoms with E-state index in [1.165, 1.54) is 4.90 Å². The van der Waals surface area contributed by atoms with Crippen LogP contribution in [0.25, 0.3) is 49.6 Å². The fraction of sp³-hybridized carbons (Fsp3) is 0.146. The van der Waals surface area contributed by atoms with Crippen molar-refractivity contribution in [2.45, 2.75) is 26.2 Å². The lowest BCUT2D eigenvalue weighted by molar-refractivity contribution is 0.479. The second kappa shape index (κ2) is 10.1. The van der Waals surface area contributed by atoms with Crippen LogP contribution in [0.3, 0.4) is 0 Å². The van der Waals surface area contributed by atoms with E-state index >= 15 is 0 Å². The van der Waals surface area contributed by atoms with E-state index in [0.717, 1.165) is 66.5 Å². The van der Waals surface area contributed by atoms with Crippen LogP contribution < -0.4 is 14.5 Å². The van der Waals surface area contributed by atoms with Crippen LogP contribution >= 0.6 is 0 Å². The Balaban J connectivity index is 1.16. The quantitative estimate of drug-likeness (QED) is 0.197. The summed E-state index contributed by atoms with van der Waals surface area (Å²) in [7, 11) is 0. The first-order valence-electron chi connectivity index (χ1n) is 17.3. The minimum Gasteiger partial charge on any atom is -0.457 e. The molecule has 6 heteroatoms. The summed E-state index contributed by atoms with van der Waals surface area (Å²) < 4.78 is 39.7. The summed E-state index contributed by atoms with van der Waals surface area (Å²) in [4.78, 5) is 8.45. The molecule has 0 spiro atoms. The lowest BCUT2D eigenvalue weighted by Crippen LogP contribution is -2.24. The molecule has 230 valence electrons. The Kier molecular flexibility index (Phi) is 5.27. The number of hydrogen-bond donors (Lipinski definition) is 0. The minimum absolute atomic E-state index is 0.186. The molecule has 47 heavy (non-hydrogen) atoms. The molecule has 0 amide bonds. The highest BCUT2D eigenvalue weighted by molar-refractivity contribution is 6.10. The van der Waals surface area contributed by atoms with Crippen LogP contribution in [-0.4, -0.2) is 23.2 Å². The van der Waals surface area contributed by atoms with Crippen LogP contribution in [0.1, 0.15) is 30.4 Å². The largest absolute Gasteiger partial charge is 0.457 e. The van der Waals surface area contributed by atoms with Gasteiger partial charge < -0.3 is 19.0 Å². The molecular formula is C41H34N4O2. The molecule has 9 rings (SSSR count). The highest BCUT2D eigenvalue weighted by atomic mass is 16.5. The maximum atomic E-state index is 8.19. The van der Waals surface area contributed by atoms with Gasteiger partial charge in [0.1, 0.15) is 28.5 Å². The van der Waals surface area contributed by atoms with E-state index in [9.17, 15) is 0 Å². The molecule has 1 aliphatic rings. The lowest BCUT2D eigenvalue weighted by Gasteiger charge is -2.25. The number of rotatable bonds is 4. The van der Waals surface area contributed by atoms with Crippen molar-refractivity contribution < 1.29 is 13.3 Å². The predicted octanol–water partition coefficient (Wildman–Crippen LogP) is 10.7. The molecule has 0 saturated carbocycles. The Morgan fingerprint density at radius 1 is 0.702 bits per heavy atom. The Morgan fingerprint density at radius 3 is 2.32 bits per heavy atom. The number of para-hydroxylation sites is 4. The monoisotopic (exact) mass is 617 g/mol. The van der Waals surface area contributed by atoms with E-state index in [2.05, 4.69) is 73.9 Å². The van der Waals surface area contributed by atoms with Crippen molar-refractivity contribution in [1.29, 1.82) is 0 Å². The zero-order valence-corrected chi connectivity index (χ0v) is 26.4. The van der Waals surface area contributed by atoms with E-state index in [1.54, 1.807) is 0 Å². The standard InChI is InChI=1S/C41H34N4O2/c1-41(2,3)26-19-27(44-25-43(4)35-14-8-9-15-36(35)44)21-29(20-26)46-28-17-18-31-30-11-5-7-13-34(30)45(37(31)22-28)40-23-39-33(24-42-40)32-12-6-10-16-38(32)47-39/h5-24H,25H2,1-4H3/i4D3. The van der Waals surface area contributed by atoms with Gasteiger partial charge in [0.15, 0.2) is 0 Å². The molecule has 4 heterocycles. The van der Waals surface area contributed by atoms with E-state index in [1.807, 2.05) is 77.8 Å². The van der Waals surface area contributed by atoms with Crippen molar-refractivity contribution in [3.05, 3.63) is 127 Å². The van der Waals surface area contributed by atoms with Gasteiger partial charge in [-0.25, -0.2) is 4.98 Å². The molecule has 0 unspecified atom stereocenters. The van der Waals surface area contributed by atoms with E-state index < -0.39 is 6.98 Å². The summed E-state index contributed by atoms with van der Waals surface area (Å²) >= 11 is 0. The Hall–Kier alpha value is -5.75. The summed E-state index contributed by atoms with van der Waals surface area (Å²) in [5, 5.41) is 4.22. The number of pyridine rings is 1. The van der Waals surface area contributed by atoms with Crippen LogP contribution in [0.15, 0.2) is 126 Å². The number of anilines is 3. The van der Waals surface area contributed by atoms with Crippen molar-refractivity contribution in [2.75, 3.05) is 23.4 Å². The van der Waals surface area contributed by atoms with Crippen molar-refractivity contribution in [3.63, 3.8) is 0 Å². The summed E-state index contributed by atoms with van der Waals surface area (Å²) in [6, 6.07) is 38.4. The Morgan fingerprint density at radius 2 is 1.47 bits per heavy atom. The van der Waals surface area contributed by atoms with Gasteiger partial charge in [-0.15, -0.1) is 0 Å². The maximum absolute atomic E-state index is 8.19. The number of ether oxygens (including phenoxy) is 1. The molecule has 0 fully saturated rings. The van der Waals surface area contributed by atoms with Crippen LogP contribution in [-0.2, 0) is 5.41 Å². The fourth-order valence-corrected chi connectivity index (χ4v) is 6.80. The van der Waals surface area contributed by atoms with E-state index in [4.69, 9.17) is 18.3 Å². The number of benzene rings is 5. The molecule has 0 aliphatic carbocycles. The average Bonchev–Trinajstić information content (AvgIpc) is 3.77. The van der Waals surface area contributed by atoms with Crippen LogP contribution in [0.2, 0.25) is 0 Å². The number of aromatic nitrogens is 2. The summed E-state index contributed by atoms with van der Waals surface area (Å²) in [6.07, 6.45) is 1.89. The van der Waals surface area contributed by atoms with Gasteiger partial charge in [0.05, 0.1) is 29.1 Å². The van der Waals surface area contributed by atoms with Gasteiger partial charge in [-0.2, -0.15) is 0 Å². The summed E-state index contributed by atoms with van der Waals surface area (Å²) in [5.74, 6) is 2.10. The Labute approximate surface area is 277 Å². The highest BCUT2D eigenvalue weighted by Crippen LogP contribution is 2.43. The van der Waals surface area contributed by atoms with Gasteiger partial charge in [0.25, 0.3) is 0 Å². The first-order valence-corrected chi connectivity index (χ1v) is 15.8. The normalized spacial score (nSPS) is 14.6. The molecule has 3 aromatic heterocycles. The molecule has 0 saturated heterocycles. The second-order valence-electron chi connectivity index (χ2n) is 13.2. The molecule has 1 aliphatic heterocycles. The summed E-state index contributed by atoms with van der Waals surface area (Å²) in [5.41, 5.74) is 6.89. The van der Waals surface area contributed by atoms with Gasteiger partial charge in [-0.3, -0.25) is 4.57 Å². The van der Waals surface area contributed by atoms with Crippen molar-refractivity contribution in [3.8, 4) is 17.3 Å². The molecule has 5 aromatic carbocycles. The van der Waals surface area contributed by atoms with E-state index in [0.29, 0.717) is 17.2 Å². The van der Waals surface area contributed by atoms with Gasteiger partial charge in [-0.1, -0.05) is 69.3 Å². The smallest absolute Gasteiger partial charge is 0.141 e. The van der Waals surface area contributed by atoms with Crippen molar-refractivity contribution in [2.24, 2.45) is 0 Å². The molecule has 0 radical (unpaired) electrons. The minimum atomic E-state index is -2.27. The zero-order valence-electron chi connectivity index (χ0n) is 29.4. The Bertz CT molecular complexity index is 2610. The average molecular weight is 618 g/mol. The maximum Gasteiger partial charge on any atom is 0.141 e. The SMILES string of the molecule is [2H]C([2H])([2H])N1CN(c2cc(Oc3ccc4c5ccccc5n(-c5cc6oc7ccccc7c6cn5)c4c3)cc(C(C)(C)C)c2)c2ccccc21. The third-order valence-electron chi connectivity index (χ3n) is 9.17. The van der Waals surface area contributed by atoms with E-state index in [-0.39, 0.29) is 12.1 Å². The first kappa shape index (κ1) is 24.5. The zero-order chi connectivity index (χ0) is 34.4. The lowest BCUT2D eigenvalue weighted by atomic mass is 9.86. The molecule has 0 bridgehead atoms. The van der Waals surface area contributed by atoms with Crippen LogP contribution in [0.4, 0.5) is 17.1 Å². The van der Waals surface area contributed by atoms with Crippen molar-refractivity contribution >= 4 is 60.8 Å². The highest BCUT2D eigenvalue weighted by Gasteiger charge is 2.26. The molecule has 0 atom stereocenters. The molecule has 0 N–H and O–H groups in total. The number of furan rings is 1. The van der Waals surface area contributed by atoms with Crippen LogP contribution in [0, 0.1) is 0 Å². The number of nitrogens with zero attached hydrogens (tertiary/aromatic N) is 4. The first-order chi connectivity index (χ1) is 24.0. The molecular weight excluding hydrogens is 580 g/mol. The molecule has 8 aromatic rings. The molecule has 6 nitrogen and oxygen atoms in total. The van der Waals surface area contributed by atoms with Gasteiger partial charge >= 0.3 is 0 Å². The third kappa shape index (κ3) is 4.43. The second-order valence-corrected chi connectivity index (χ2v) is 13.2. The van der Waals surface area contributed by atoms with Crippen LogP contribution in [0.5, 0.6) is 11.5 Å². The van der Waals surface area contributed by atoms with Gasteiger partial charge in [-0.05, 0) is 59.5 Å². The van der Waals surface area contributed by atoms with Gasteiger partial charge in [0, 0.05) is 62.7 Å².